The monoisotopic (exact) mass is 274 g/mol. The number of thioether (sulfide) groups is 1. The summed E-state index contributed by atoms with van der Waals surface area (Å²) in [5, 5.41) is 17.9. The van der Waals surface area contributed by atoms with Crippen molar-refractivity contribution >= 4 is 29.1 Å². The number of nitrogens with zero attached hydrogens (tertiary/aromatic N) is 2. The number of rotatable bonds is 7. The van der Waals surface area contributed by atoms with Gasteiger partial charge in [-0.2, -0.15) is 0 Å². The van der Waals surface area contributed by atoms with Crippen LogP contribution in [0.4, 0.5) is 0 Å². The fourth-order valence-electron chi connectivity index (χ4n) is 1.27. The fraction of sp³-hybridized carbons (Fsp3) is 0.727. The Morgan fingerprint density at radius 2 is 2.12 bits per heavy atom. The zero-order valence-corrected chi connectivity index (χ0v) is 12.0. The average molecular weight is 274 g/mol. The maximum Gasteiger partial charge on any atom is 0.309 e. The predicted octanol–water partition coefficient (Wildman–Crippen LogP) is 3.22. The van der Waals surface area contributed by atoms with E-state index in [0.717, 1.165) is 34.4 Å². The van der Waals surface area contributed by atoms with Crippen molar-refractivity contribution in [1.29, 1.82) is 0 Å². The number of hydrogen-bond donors (Lipinski definition) is 1. The van der Waals surface area contributed by atoms with Crippen LogP contribution in [-0.2, 0) is 4.79 Å². The van der Waals surface area contributed by atoms with Crippen molar-refractivity contribution in [1.82, 2.24) is 10.2 Å². The first-order valence-electron chi connectivity index (χ1n) is 5.58. The van der Waals surface area contributed by atoms with Gasteiger partial charge in [0, 0.05) is 5.75 Å². The molecule has 0 fully saturated rings. The van der Waals surface area contributed by atoms with Crippen LogP contribution in [0.3, 0.4) is 0 Å². The molecule has 1 N–H and O–H groups in total. The quantitative estimate of drug-likeness (QED) is 0.611. The van der Waals surface area contributed by atoms with Gasteiger partial charge in [0.25, 0.3) is 0 Å². The first kappa shape index (κ1) is 14.4. The molecule has 1 aromatic rings. The summed E-state index contributed by atoms with van der Waals surface area (Å²) in [7, 11) is 0. The molecule has 0 saturated heterocycles. The van der Waals surface area contributed by atoms with Crippen LogP contribution in [-0.4, -0.2) is 27.0 Å². The number of hydrogen-bond acceptors (Lipinski definition) is 5. The summed E-state index contributed by atoms with van der Waals surface area (Å²) in [6.07, 6.45) is 2.67. The molecular weight excluding hydrogens is 256 g/mol. The van der Waals surface area contributed by atoms with Crippen molar-refractivity contribution in [3.8, 4) is 0 Å². The Balaban J connectivity index is 2.15. The fourth-order valence-corrected chi connectivity index (χ4v) is 3.16. The molecule has 0 saturated carbocycles. The third-order valence-electron chi connectivity index (χ3n) is 2.51. The first-order chi connectivity index (χ1) is 7.92. The second-order valence-corrected chi connectivity index (χ2v) is 7.11. The third-order valence-corrected chi connectivity index (χ3v) is 4.57. The van der Waals surface area contributed by atoms with E-state index in [0.29, 0.717) is 0 Å². The minimum atomic E-state index is -0.718. The highest BCUT2D eigenvalue weighted by Gasteiger charge is 2.25. The van der Waals surface area contributed by atoms with Crippen LogP contribution in [0.5, 0.6) is 0 Å². The van der Waals surface area contributed by atoms with Gasteiger partial charge in [0.2, 0.25) is 0 Å². The highest BCUT2D eigenvalue weighted by Crippen LogP contribution is 2.26. The summed E-state index contributed by atoms with van der Waals surface area (Å²) in [5.41, 5.74) is -0.607. The lowest BCUT2D eigenvalue weighted by molar-refractivity contribution is -0.147. The van der Waals surface area contributed by atoms with Crippen LogP contribution in [0, 0.1) is 12.3 Å². The number of aryl methyl sites for hydroxylation is 1. The molecule has 0 aliphatic rings. The molecule has 1 aromatic heterocycles. The summed E-state index contributed by atoms with van der Waals surface area (Å²) in [5.74, 6) is 0.259. The Kier molecular flexibility index (Phi) is 5.39. The molecule has 6 heteroatoms. The molecule has 0 radical (unpaired) electrons. The van der Waals surface area contributed by atoms with E-state index in [4.69, 9.17) is 5.11 Å². The van der Waals surface area contributed by atoms with E-state index in [2.05, 4.69) is 10.2 Å². The Hall–Kier alpha value is -0.620. The molecule has 1 rings (SSSR count). The summed E-state index contributed by atoms with van der Waals surface area (Å²) in [4.78, 5) is 10.9. The van der Waals surface area contributed by atoms with Crippen molar-refractivity contribution in [2.45, 2.75) is 44.4 Å². The van der Waals surface area contributed by atoms with E-state index >= 15 is 0 Å². The van der Waals surface area contributed by atoms with Gasteiger partial charge in [0.1, 0.15) is 5.01 Å². The van der Waals surface area contributed by atoms with Gasteiger partial charge in [0.15, 0.2) is 4.34 Å². The summed E-state index contributed by atoms with van der Waals surface area (Å²) < 4.78 is 1.000. The highest BCUT2D eigenvalue weighted by molar-refractivity contribution is 8.01. The van der Waals surface area contributed by atoms with Gasteiger partial charge >= 0.3 is 5.97 Å². The minimum Gasteiger partial charge on any atom is -0.481 e. The summed E-state index contributed by atoms with van der Waals surface area (Å²) in [6.45, 7) is 5.49. The largest absolute Gasteiger partial charge is 0.481 e. The van der Waals surface area contributed by atoms with Crippen molar-refractivity contribution in [2.75, 3.05) is 5.75 Å². The zero-order valence-electron chi connectivity index (χ0n) is 10.4. The normalized spacial score (nSPS) is 11.7. The van der Waals surface area contributed by atoms with Crippen LogP contribution in [0.15, 0.2) is 4.34 Å². The van der Waals surface area contributed by atoms with Crippen LogP contribution in [0.2, 0.25) is 0 Å². The lowest BCUT2D eigenvalue weighted by atomic mass is 9.88. The second-order valence-electron chi connectivity index (χ2n) is 4.58. The predicted molar refractivity (Wildman–Crippen MR) is 70.6 cm³/mol. The van der Waals surface area contributed by atoms with E-state index in [-0.39, 0.29) is 0 Å². The molecule has 0 unspecified atom stereocenters. The number of aromatic nitrogens is 2. The molecule has 4 nitrogen and oxygen atoms in total. The van der Waals surface area contributed by atoms with E-state index in [9.17, 15) is 4.79 Å². The van der Waals surface area contributed by atoms with E-state index in [1.807, 2.05) is 6.92 Å². The molecule has 0 atom stereocenters. The molecule has 1 heterocycles. The van der Waals surface area contributed by atoms with E-state index < -0.39 is 11.4 Å². The maximum absolute atomic E-state index is 10.9. The molecule has 0 aliphatic heterocycles. The maximum atomic E-state index is 10.9. The molecular formula is C11H18N2O2S2. The zero-order chi connectivity index (χ0) is 12.9. The summed E-state index contributed by atoms with van der Waals surface area (Å²) in [6, 6.07) is 0. The second kappa shape index (κ2) is 6.35. The van der Waals surface area contributed by atoms with E-state index in [1.165, 1.54) is 0 Å². The molecule has 17 heavy (non-hydrogen) atoms. The standard InChI is InChI=1S/C11H18N2O2S2/c1-8-12-13-10(17-8)16-7-5-4-6-11(2,3)9(14)15/h4-7H2,1-3H3,(H,14,15). The molecule has 96 valence electrons. The van der Waals surface area contributed by atoms with Crippen molar-refractivity contribution < 1.29 is 9.90 Å². The Bertz CT molecular complexity index is 377. The number of unbranched alkanes of at least 4 members (excludes halogenated alkanes) is 1. The Morgan fingerprint density at radius 3 is 2.65 bits per heavy atom. The average Bonchev–Trinajstić information content (AvgIpc) is 2.63. The van der Waals surface area contributed by atoms with Gasteiger partial charge in [-0.1, -0.05) is 29.5 Å². The van der Waals surface area contributed by atoms with Crippen LogP contribution in [0.25, 0.3) is 0 Å². The smallest absolute Gasteiger partial charge is 0.309 e. The van der Waals surface area contributed by atoms with Crippen LogP contribution >= 0.6 is 23.1 Å². The van der Waals surface area contributed by atoms with Crippen LogP contribution in [0.1, 0.15) is 38.1 Å². The van der Waals surface area contributed by atoms with Gasteiger partial charge in [-0.15, -0.1) is 10.2 Å². The molecule has 0 bridgehead atoms. The lowest BCUT2D eigenvalue weighted by Crippen LogP contribution is -2.23. The molecule has 0 spiro atoms. The minimum absolute atomic E-state index is 0.607. The third kappa shape index (κ3) is 5.04. The Labute approximate surface area is 110 Å². The highest BCUT2D eigenvalue weighted by atomic mass is 32.2. The number of carboxylic acid groups (broad SMARTS) is 1. The van der Waals surface area contributed by atoms with Crippen molar-refractivity contribution in [3.63, 3.8) is 0 Å². The Morgan fingerprint density at radius 1 is 1.41 bits per heavy atom. The van der Waals surface area contributed by atoms with Gasteiger partial charge < -0.3 is 5.11 Å². The van der Waals surface area contributed by atoms with Crippen molar-refractivity contribution in [3.05, 3.63) is 5.01 Å². The lowest BCUT2D eigenvalue weighted by Gasteiger charge is -2.18. The van der Waals surface area contributed by atoms with Gasteiger partial charge in [-0.05, 0) is 33.6 Å². The number of aliphatic carboxylic acids is 1. The molecule has 0 amide bonds. The van der Waals surface area contributed by atoms with Crippen molar-refractivity contribution in [2.24, 2.45) is 5.41 Å². The van der Waals surface area contributed by atoms with Crippen LogP contribution < -0.4 is 0 Å². The SMILES string of the molecule is Cc1nnc(SCCCCC(C)(C)C(=O)O)s1. The van der Waals surface area contributed by atoms with Gasteiger partial charge in [-0.3, -0.25) is 4.79 Å². The van der Waals surface area contributed by atoms with E-state index in [1.54, 1.807) is 36.9 Å². The topological polar surface area (TPSA) is 63.1 Å². The first-order valence-corrected chi connectivity index (χ1v) is 7.38. The number of carboxylic acids is 1. The summed E-state index contributed by atoms with van der Waals surface area (Å²) >= 11 is 3.30. The molecule has 0 aliphatic carbocycles. The van der Waals surface area contributed by atoms with Gasteiger partial charge in [-0.25, -0.2) is 0 Å². The van der Waals surface area contributed by atoms with Gasteiger partial charge in [0.05, 0.1) is 5.41 Å². The molecule has 0 aromatic carbocycles. The number of carbonyl (C=O) groups is 1.